The molecule has 0 aromatic heterocycles. The smallest absolute Gasteiger partial charge is 0.0410 e. The van der Waals surface area contributed by atoms with Crippen molar-refractivity contribution in [2.24, 2.45) is 11.0 Å². The third-order valence-corrected chi connectivity index (χ3v) is 4.47. The highest BCUT2D eigenvalue weighted by Crippen LogP contribution is 2.30. The SMILES string of the molecule is Cc1ccc(CC2CCN(C(C)(C)C)CC2)c(N=[N+]=[N-])c1. The van der Waals surface area contributed by atoms with Gasteiger partial charge in [0.2, 0.25) is 0 Å². The van der Waals surface area contributed by atoms with Gasteiger partial charge in [-0.1, -0.05) is 22.8 Å². The Kier molecular flexibility index (Phi) is 4.92. The fourth-order valence-electron chi connectivity index (χ4n) is 3.11. The molecule has 1 saturated heterocycles. The molecule has 0 saturated carbocycles. The van der Waals surface area contributed by atoms with E-state index in [2.05, 4.69) is 47.8 Å². The van der Waals surface area contributed by atoms with Gasteiger partial charge < -0.3 is 0 Å². The maximum Gasteiger partial charge on any atom is 0.0410 e. The molecule has 0 radical (unpaired) electrons. The molecule has 0 atom stereocenters. The molecule has 4 heteroatoms. The van der Waals surface area contributed by atoms with Crippen molar-refractivity contribution in [3.8, 4) is 0 Å². The van der Waals surface area contributed by atoms with Gasteiger partial charge >= 0.3 is 0 Å². The Morgan fingerprint density at radius 1 is 1.29 bits per heavy atom. The normalized spacial score (nSPS) is 17.5. The quantitative estimate of drug-likeness (QED) is 0.438. The van der Waals surface area contributed by atoms with E-state index in [0.717, 1.165) is 30.8 Å². The van der Waals surface area contributed by atoms with E-state index in [1.165, 1.54) is 18.4 Å². The molecule has 0 spiro atoms. The topological polar surface area (TPSA) is 52.0 Å². The molecule has 1 heterocycles. The second-order valence-electron chi connectivity index (χ2n) is 7.13. The van der Waals surface area contributed by atoms with E-state index in [0.29, 0.717) is 5.92 Å². The van der Waals surface area contributed by atoms with Crippen LogP contribution >= 0.6 is 0 Å². The number of benzene rings is 1. The summed E-state index contributed by atoms with van der Waals surface area (Å²) >= 11 is 0. The second-order valence-corrected chi connectivity index (χ2v) is 7.13. The van der Waals surface area contributed by atoms with E-state index in [9.17, 15) is 0 Å². The van der Waals surface area contributed by atoms with Crippen LogP contribution in [0.2, 0.25) is 0 Å². The Morgan fingerprint density at radius 2 is 1.95 bits per heavy atom. The molecule has 1 aliphatic heterocycles. The van der Waals surface area contributed by atoms with Crippen molar-refractivity contribution in [1.82, 2.24) is 4.90 Å². The van der Waals surface area contributed by atoms with Crippen LogP contribution < -0.4 is 0 Å². The van der Waals surface area contributed by atoms with E-state index in [1.54, 1.807) is 0 Å². The van der Waals surface area contributed by atoms with Crippen molar-refractivity contribution in [2.45, 2.75) is 52.5 Å². The molecule has 0 bridgehead atoms. The Hall–Kier alpha value is -1.51. The van der Waals surface area contributed by atoms with E-state index in [-0.39, 0.29) is 5.54 Å². The molecule has 4 nitrogen and oxygen atoms in total. The van der Waals surface area contributed by atoms with Crippen LogP contribution in [-0.2, 0) is 6.42 Å². The zero-order valence-corrected chi connectivity index (χ0v) is 13.6. The van der Waals surface area contributed by atoms with Gasteiger partial charge in [-0.3, -0.25) is 4.90 Å². The van der Waals surface area contributed by atoms with Gasteiger partial charge in [0.05, 0.1) is 0 Å². The zero-order chi connectivity index (χ0) is 15.5. The first kappa shape index (κ1) is 15.9. The van der Waals surface area contributed by atoms with Crippen LogP contribution in [0.25, 0.3) is 10.4 Å². The predicted octanol–water partition coefficient (Wildman–Crippen LogP) is 4.99. The first-order valence-electron chi connectivity index (χ1n) is 7.80. The Morgan fingerprint density at radius 3 is 2.52 bits per heavy atom. The molecule has 1 aromatic carbocycles. The van der Waals surface area contributed by atoms with Gasteiger partial charge in [0.25, 0.3) is 0 Å². The van der Waals surface area contributed by atoms with Crippen LogP contribution in [0, 0.1) is 12.8 Å². The number of azide groups is 1. The van der Waals surface area contributed by atoms with Gasteiger partial charge in [0.15, 0.2) is 0 Å². The standard InChI is InChI=1S/C17H26N4/c1-13-5-6-15(16(11-13)19-20-18)12-14-7-9-21(10-8-14)17(2,3)4/h5-6,11,14H,7-10,12H2,1-4H3. The molecule has 0 aliphatic carbocycles. The molecule has 0 unspecified atom stereocenters. The van der Waals surface area contributed by atoms with Crippen molar-refractivity contribution in [1.29, 1.82) is 0 Å². The molecule has 1 aliphatic rings. The molecule has 0 N–H and O–H groups in total. The highest BCUT2D eigenvalue weighted by Gasteiger charge is 2.27. The summed E-state index contributed by atoms with van der Waals surface area (Å²) in [6, 6.07) is 6.21. The number of hydrogen-bond acceptors (Lipinski definition) is 2. The molecule has 1 fully saturated rings. The van der Waals surface area contributed by atoms with Gasteiger partial charge in [-0.25, -0.2) is 0 Å². The van der Waals surface area contributed by atoms with Crippen LogP contribution in [0.5, 0.6) is 0 Å². The van der Waals surface area contributed by atoms with Gasteiger partial charge in [-0.2, -0.15) is 0 Å². The van der Waals surface area contributed by atoms with Crippen molar-refractivity contribution in [3.05, 3.63) is 39.8 Å². The molecule has 21 heavy (non-hydrogen) atoms. The molecule has 114 valence electrons. The number of nitrogens with zero attached hydrogens (tertiary/aromatic N) is 4. The molecule has 2 rings (SSSR count). The van der Waals surface area contributed by atoms with Crippen molar-refractivity contribution < 1.29 is 0 Å². The van der Waals surface area contributed by atoms with Gasteiger partial charge in [-0.15, -0.1) is 0 Å². The predicted molar refractivity (Wildman–Crippen MR) is 87.7 cm³/mol. The van der Waals surface area contributed by atoms with Crippen molar-refractivity contribution in [3.63, 3.8) is 0 Å². The van der Waals surface area contributed by atoms with E-state index in [1.807, 2.05) is 13.0 Å². The Bertz CT molecular complexity index is 530. The lowest BCUT2D eigenvalue weighted by Gasteiger charge is -2.41. The number of hydrogen-bond donors (Lipinski definition) is 0. The van der Waals surface area contributed by atoms with E-state index < -0.39 is 0 Å². The number of rotatable bonds is 3. The summed E-state index contributed by atoms with van der Waals surface area (Å²) in [7, 11) is 0. The van der Waals surface area contributed by atoms with Gasteiger partial charge in [0.1, 0.15) is 0 Å². The van der Waals surface area contributed by atoms with Gasteiger partial charge in [0, 0.05) is 16.1 Å². The first-order chi connectivity index (χ1) is 9.90. The first-order valence-corrected chi connectivity index (χ1v) is 7.80. The molecular formula is C17H26N4. The molecular weight excluding hydrogens is 260 g/mol. The fraction of sp³-hybridized carbons (Fsp3) is 0.647. The van der Waals surface area contributed by atoms with Crippen molar-refractivity contribution >= 4 is 5.69 Å². The van der Waals surface area contributed by atoms with Crippen LogP contribution in [0.4, 0.5) is 5.69 Å². The summed E-state index contributed by atoms with van der Waals surface area (Å²) in [6.45, 7) is 11.2. The van der Waals surface area contributed by atoms with Gasteiger partial charge in [-0.05, 0) is 83.1 Å². The van der Waals surface area contributed by atoms with Crippen LogP contribution in [0.15, 0.2) is 23.3 Å². The van der Waals surface area contributed by atoms with Crippen molar-refractivity contribution in [2.75, 3.05) is 13.1 Å². The highest BCUT2D eigenvalue weighted by atomic mass is 15.2. The lowest BCUT2D eigenvalue weighted by Crippen LogP contribution is -2.46. The fourth-order valence-corrected chi connectivity index (χ4v) is 3.11. The average Bonchev–Trinajstić information content (AvgIpc) is 2.42. The molecule has 1 aromatic rings. The van der Waals surface area contributed by atoms with E-state index in [4.69, 9.17) is 5.53 Å². The summed E-state index contributed by atoms with van der Waals surface area (Å²) in [6.07, 6.45) is 3.47. The number of likely N-dealkylation sites (tertiary alicyclic amines) is 1. The third kappa shape index (κ3) is 4.23. The summed E-state index contributed by atoms with van der Waals surface area (Å²) in [4.78, 5) is 5.52. The molecule has 0 amide bonds. The Balaban J connectivity index is 2.02. The zero-order valence-electron chi connectivity index (χ0n) is 13.6. The van der Waals surface area contributed by atoms with E-state index >= 15 is 0 Å². The average molecular weight is 286 g/mol. The lowest BCUT2D eigenvalue weighted by atomic mass is 9.87. The monoisotopic (exact) mass is 286 g/mol. The van der Waals surface area contributed by atoms with Crippen LogP contribution in [-0.4, -0.2) is 23.5 Å². The minimum Gasteiger partial charge on any atom is -0.298 e. The lowest BCUT2D eigenvalue weighted by molar-refractivity contribution is 0.0876. The maximum atomic E-state index is 8.72. The largest absolute Gasteiger partial charge is 0.298 e. The van der Waals surface area contributed by atoms with Crippen LogP contribution in [0.3, 0.4) is 0 Å². The summed E-state index contributed by atoms with van der Waals surface area (Å²) < 4.78 is 0. The van der Waals surface area contributed by atoms with Crippen LogP contribution in [0.1, 0.15) is 44.7 Å². The number of aryl methyl sites for hydroxylation is 1. The number of piperidine rings is 1. The minimum absolute atomic E-state index is 0.269. The second kappa shape index (κ2) is 6.50. The summed E-state index contributed by atoms with van der Waals surface area (Å²) in [5.41, 5.74) is 12.1. The third-order valence-electron chi connectivity index (χ3n) is 4.47. The summed E-state index contributed by atoms with van der Waals surface area (Å²) in [5.74, 6) is 0.693. The Labute approximate surface area is 127 Å². The highest BCUT2D eigenvalue weighted by molar-refractivity contribution is 5.48. The summed E-state index contributed by atoms with van der Waals surface area (Å²) in [5, 5.41) is 3.86. The minimum atomic E-state index is 0.269. The maximum absolute atomic E-state index is 8.72.